The van der Waals surface area contributed by atoms with Crippen LogP contribution in [0.1, 0.15) is 6.23 Å². The normalized spacial score (nSPS) is 28.6. The Morgan fingerprint density at radius 1 is 1.45 bits per heavy atom. The zero-order valence-electron chi connectivity index (χ0n) is 10.2. The van der Waals surface area contributed by atoms with E-state index in [2.05, 4.69) is 15.0 Å². The van der Waals surface area contributed by atoms with Gasteiger partial charge in [-0.25, -0.2) is 19.3 Å². The molecule has 0 radical (unpaired) electrons. The molecule has 0 spiro atoms. The van der Waals surface area contributed by atoms with Crippen molar-refractivity contribution in [2.45, 2.75) is 18.4 Å². The molecule has 0 saturated carbocycles. The van der Waals surface area contributed by atoms with Crippen molar-refractivity contribution in [3.05, 3.63) is 24.6 Å². The number of ether oxygens (including phenoxy) is 1. The van der Waals surface area contributed by atoms with Gasteiger partial charge in [-0.2, -0.15) is 0 Å². The highest BCUT2D eigenvalue weighted by atomic mass is 19.1. The first kappa shape index (κ1) is 12.9. The van der Waals surface area contributed by atoms with Gasteiger partial charge in [0.15, 0.2) is 17.7 Å². The van der Waals surface area contributed by atoms with E-state index in [1.807, 2.05) is 0 Å². The second-order valence-electron chi connectivity index (χ2n) is 4.35. The highest BCUT2D eigenvalue weighted by Gasteiger charge is 2.40. The van der Waals surface area contributed by atoms with Crippen LogP contribution in [0.2, 0.25) is 0 Å². The summed E-state index contributed by atoms with van der Waals surface area (Å²) in [4.78, 5) is 11.9. The molecule has 1 aliphatic rings. The van der Waals surface area contributed by atoms with E-state index in [0.29, 0.717) is 11.2 Å². The number of fused-ring (bicyclic) bond motifs is 1. The van der Waals surface area contributed by atoms with Crippen LogP contribution in [-0.2, 0) is 4.74 Å². The zero-order valence-corrected chi connectivity index (χ0v) is 10.2. The van der Waals surface area contributed by atoms with Crippen molar-refractivity contribution in [2.24, 2.45) is 0 Å². The minimum absolute atomic E-state index is 0.0134. The minimum Gasteiger partial charge on any atom is -0.394 e. The number of aliphatic hydroxyl groups excluding tert-OH is 2. The van der Waals surface area contributed by atoms with Gasteiger partial charge < -0.3 is 20.7 Å². The number of rotatable bonds is 2. The number of hydrogen-bond donors (Lipinski definition) is 3. The Balaban J connectivity index is 2.09. The maximum Gasteiger partial charge on any atom is 0.167 e. The number of nitrogens with zero attached hydrogens (tertiary/aromatic N) is 4. The molecule has 2 aromatic rings. The number of nitrogen functional groups attached to an aromatic ring is 1. The third kappa shape index (κ3) is 1.75. The molecule has 8 nitrogen and oxygen atoms in total. The third-order valence-corrected chi connectivity index (χ3v) is 3.23. The summed E-state index contributed by atoms with van der Waals surface area (Å²) in [6.45, 7) is -0.432. The predicted octanol–water partition coefficient (Wildman–Crippen LogP) is -0.488. The molecule has 9 heteroatoms. The maximum absolute atomic E-state index is 13.0. The summed E-state index contributed by atoms with van der Waals surface area (Å²) in [6.07, 6.45) is -0.182. The Hall–Kier alpha value is -2.10. The summed E-state index contributed by atoms with van der Waals surface area (Å²) in [7, 11) is 0. The molecule has 20 heavy (non-hydrogen) atoms. The number of halogens is 1. The van der Waals surface area contributed by atoms with Crippen LogP contribution in [0, 0.1) is 0 Å². The zero-order chi connectivity index (χ0) is 14.3. The Labute approximate surface area is 112 Å². The van der Waals surface area contributed by atoms with Crippen LogP contribution in [0.4, 0.5) is 10.2 Å². The molecule has 106 valence electrons. The topological polar surface area (TPSA) is 119 Å². The Kier molecular flexibility index (Phi) is 3.08. The number of aliphatic hydroxyl groups is 2. The van der Waals surface area contributed by atoms with Gasteiger partial charge in [-0.3, -0.25) is 4.57 Å². The lowest BCUT2D eigenvalue weighted by Gasteiger charge is -2.13. The second kappa shape index (κ2) is 4.78. The largest absolute Gasteiger partial charge is 0.394 e. The molecule has 0 aliphatic carbocycles. The van der Waals surface area contributed by atoms with Crippen LogP contribution >= 0.6 is 0 Å². The lowest BCUT2D eigenvalue weighted by Crippen LogP contribution is -2.25. The molecule has 0 bridgehead atoms. The van der Waals surface area contributed by atoms with Gasteiger partial charge in [0.2, 0.25) is 0 Å². The molecular weight excluding hydrogens is 269 g/mol. The van der Waals surface area contributed by atoms with E-state index in [9.17, 15) is 9.50 Å². The van der Waals surface area contributed by atoms with Crippen LogP contribution in [0.5, 0.6) is 0 Å². The van der Waals surface area contributed by atoms with Crippen molar-refractivity contribution in [2.75, 3.05) is 12.3 Å². The van der Waals surface area contributed by atoms with Gasteiger partial charge in [-0.15, -0.1) is 0 Å². The quantitative estimate of drug-likeness (QED) is 0.679. The molecule has 3 rings (SSSR count). The Bertz CT molecular complexity index is 673. The number of aromatic nitrogens is 4. The molecule has 3 atom stereocenters. The van der Waals surface area contributed by atoms with Crippen LogP contribution in [0.25, 0.3) is 11.2 Å². The fraction of sp³-hybridized carbons (Fsp3) is 0.364. The smallest absolute Gasteiger partial charge is 0.167 e. The summed E-state index contributed by atoms with van der Waals surface area (Å²) in [5, 5.41) is 19.0. The number of imidazole rings is 1. The number of nitrogens with two attached hydrogens (primary N) is 1. The molecule has 1 aliphatic heterocycles. The Morgan fingerprint density at radius 3 is 2.95 bits per heavy atom. The summed E-state index contributed by atoms with van der Waals surface area (Å²) in [5.41, 5.74) is 6.37. The van der Waals surface area contributed by atoms with Crippen molar-refractivity contribution in [1.82, 2.24) is 19.5 Å². The Morgan fingerprint density at radius 2 is 2.25 bits per heavy atom. The summed E-state index contributed by atoms with van der Waals surface area (Å²) in [5.74, 6) is 0.191. The number of hydrogen-bond acceptors (Lipinski definition) is 7. The van der Waals surface area contributed by atoms with Crippen molar-refractivity contribution >= 4 is 17.0 Å². The molecule has 2 aromatic heterocycles. The molecular formula is C11H12FN5O3. The van der Waals surface area contributed by atoms with E-state index < -0.39 is 25.0 Å². The lowest BCUT2D eigenvalue weighted by atomic mass is 10.1. The van der Waals surface area contributed by atoms with Gasteiger partial charge in [-0.1, -0.05) is 0 Å². The van der Waals surface area contributed by atoms with Gasteiger partial charge in [0.25, 0.3) is 0 Å². The highest BCUT2D eigenvalue weighted by molar-refractivity contribution is 5.81. The SMILES string of the molecule is Nc1ncnc2c1ncn2[C@@H]1O[C@H](CO)C(O)/C1=C\F. The van der Waals surface area contributed by atoms with E-state index in [1.165, 1.54) is 17.2 Å². The molecule has 0 aromatic carbocycles. The summed E-state index contributed by atoms with van der Waals surface area (Å²) in [6, 6.07) is 0. The molecule has 1 fully saturated rings. The van der Waals surface area contributed by atoms with Crippen LogP contribution in [0.15, 0.2) is 24.6 Å². The van der Waals surface area contributed by atoms with E-state index in [-0.39, 0.29) is 17.7 Å². The number of anilines is 1. The second-order valence-corrected chi connectivity index (χ2v) is 4.35. The molecule has 3 heterocycles. The summed E-state index contributed by atoms with van der Waals surface area (Å²) < 4.78 is 19.9. The molecule has 1 unspecified atom stereocenters. The first-order chi connectivity index (χ1) is 9.67. The predicted molar refractivity (Wildman–Crippen MR) is 65.9 cm³/mol. The first-order valence-electron chi connectivity index (χ1n) is 5.85. The molecule has 1 saturated heterocycles. The van der Waals surface area contributed by atoms with Crippen LogP contribution in [0.3, 0.4) is 0 Å². The van der Waals surface area contributed by atoms with Crippen molar-refractivity contribution in [3.8, 4) is 0 Å². The minimum atomic E-state index is -1.23. The average Bonchev–Trinajstić information content (AvgIpc) is 3.00. The highest BCUT2D eigenvalue weighted by Crippen LogP contribution is 2.36. The standard InChI is InChI=1S/C11H12FN5O3/c12-1-5-8(19)6(2-18)20-11(5)17-4-16-7-9(13)14-3-15-10(7)17/h1,3-4,6,8,11,18-19H,2H2,(H2,13,14,15)/b5-1+/t6-,8?,11-/m1/s1. The van der Waals surface area contributed by atoms with Gasteiger partial charge in [-0.05, 0) is 0 Å². The van der Waals surface area contributed by atoms with Crippen LogP contribution in [-0.4, -0.2) is 48.5 Å². The van der Waals surface area contributed by atoms with E-state index >= 15 is 0 Å². The average molecular weight is 281 g/mol. The monoisotopic (exact) mass is 281 g/mol. The van der Waals surface area contributed by atoms with Gasteiger partial charge >= 0.3 is 0 Å². The van der Waals surface area contributed by atoms with Crippen molar-refractivity contribution < 1.29 is 19.3 Å². The fourth-order valence-electron chi connectivity index (χ4n) is 2.21. The third-order valence-electron chi connectivity index (χ3n) is 3.23. The van der Waals surface area contributed by atoms with E-state index in [1.54, 1.807) is 0 Å². The van der Waals surface area contributed by atoms with Crippen molar-refractivity contribution in [3.63, 3.8) is 0 Å². The van der Waals surface area contributed by atoms with Gasteiger partial charge in [0, 0.05) is 5.57 Å². The first-order valence-corrected chi connectivity index (χ1v) is 5.85. The van der Waals surface area contributed by atoms with Crippen molar-refractivity contribution in [1.29, 1.82) is 0 Å². The van der Waals surface area contributed by atoms with Gasteiger partial charge in [0.1, 0.15) is 24.1 Å². The van der Waals surface area contributed by atoms with E-state index in [0.717, 1.165) is 0 Å². The molecule has 4 N–H and O–H groups in total. The van der Waals surface area contributed by atoms with Gasteiger partial charge in [0.05, 0.1) is 19.3 Å². The lowest BCUT2D eigenvalue weighted by molar-refractivity contribution is -0.0422. The fourth-order valence-corrected chi connectivity index (χ4v) is 2.21. The van der Waals surface area contributed by atoms with E-state index in [4.69, 9.17) is 15.6 Å². The maximum atomic E-state index is 13.0. The van der Waals surface area contributed by atoms with Crippen LogP contribution < -0.4 is 5.73 Å². The summed E-state index contributed by atoms with van der Waals surface area (Å²) >= 11 is 0. The molecule has 0 amide bonds.